The van der Waals surface area contributed by atoms with Gasteiger partial charge in [0.05, 0.1) is 19.0 Å². The molecule has 1 aromatic heterocycles. The first-order valence-corrected chi connectivity index (χ1v) is 5.76. The monoisotopic (exact) mass is 219 g/mol. The quantitative estimate of drug-likeness (QED) is 0.696. The Morgan fingerprint density at radius 1 is 1.44 bits per heavy atom. The third-order valence-corrected chi connectivity index (χ3v) is 3.38. The van der Waals surface area contributed by atoms with Gasteiger partial charge in [-0.2, -0.15) is 0 Å². The molecule has 0 radical (unpaired) electrons. The van der Waals surface area contributed by atoms with Crippen molar-refractivity contribution in [3.63, 3.8) is 0 Å². The van der Waals surface area contributed by atoms with Gasteiger partial charge in [-0.05, 0) is 6.42 Å². The molecule has 0 fully saturated rings. The summed E-state index contributed by atoms with van der Waals surface area (Å²) in [5, 5.41) is 0. The Morgan fingerprint density at radius 2 is 2.25 bits per heavy atom. The van der Waals surface area contributed by atoms with Crippen LogP contribution in [0.1, 0.15) is 19.0 Å². The summed E-state index contributed by atoms with van der Waals surface area (Å²) in [5.74, 6) is 2.18. The van der Waals surface area contributed by atoms with Crippen LogP contribution in [0.3, 0.4) is 0 Å². The van der Waals surface area contributed by atoms with Gasteiger partial charge in [0.1, 0.15) is 5.69 Å². The number of aromatic nitrogens is 2. The largest absolute Gasteiger partial charge is 0.340 e. The van der Waals surface area contributed by atoms with Crippen molar-refractivity contribution in [2.24, 2.45) is 12.0 Å². The molecule has 5 heteroatoms. The summed E-state index contributed by atoms with van der Waals surface area (Å²) in [6, 6.07) is 0.448. The average molecular weight is 219 g/mol. The van der Waals surface area contributed by atoms with Crippen LogP contribution in [0.5, 0.6) is 0 Å². The zero-order valence-electron chi connectivity index (χ0n) is 10.0. The Hall–Kier alpha value is -1.52. The van der Waals surface area contributed by atoms with Crippen LogP contribution in [-0.4, -0.2) is 46.6 Å². The fourth-order valence-electron chi connectivity index (χ4n) is 2.47. The molecule has 0 spiro atoms. The SMILES string of the molecule is CC[C@H]1CN2CN(C)c3ncn(C)c3C2=N1. The Balaban J connectivity index is 2.10. The number of amidine groups is 1. The molecule has 0 saturated carbocycles. The fourth-order valence-corrected chi connectivity index (χ4v) is 2.47. The molecule has 1 aromatic rings. The van der Waals surface area contributed by atoms with Crippen LogP contribution in [0.2, 0.25) is 0 Å². The van der Waals surface area contributed by atoms with E-state index in [-0.39, 0.29) is 0 Å². The molecule has 86 valence electrons. The highest BCUT2D eigenvalue weighted by Gasteiger charge is 2.34. The number of rotatable bonds is 1. The first-order chi connectivity index (χ1) is 7.70. The molecule has 0 aromatic carbocycles. The van der Waals surface area contributed by atoms with Crippen LogP contribution in [0.4, 0.5) is 5.82 Å². The van der Waals surface area contributed by atoms with Crippen LogP contribution < -0.4 is 4.90 Å². The minimum atomic E-state index is 0.448. The maximum absolute atomic E-state index is 4.79. The highest BCUT2D eigenvalue weighted by atomic mass is 15.4. The zero-order valence-corrected chi connectivity index (χ0v) is 10.0. The van der Waals surface area contributed by atoms with Crippen molar-refractivity contribution in [2.75, 3.05) is 25.2 Å². The van der Waals surface area contributed by atoms with E-state index in [1.54, 1.807) is 0 Å². The zero-order chi connectivity index (χ0) is 11.3. The van der Waals surface area contributed by atoms with Crippen molar-refractivity contribution in [1.29, 1.82) is 0 Å². The fraction of sp³-hybridized carbons (Fsp3) is 0.636. The van der Waals surface area contributed by atoms with Crippen molar-refractivity contribution in [3.05, 3.63) is 12.0 Å². The van der Waals surface area contributed by atoms with Crippen LogP contribution in [0.15, 0.2) is 11.3 Å². The molecule has 2 aliphatic heterocycles. The summed E-state index contributed by atoms with van der Waals surface area (Å²) in [5.41, 5.74) is 1.16. The van der Waals surface area contributed by atoms with E-state index in [2.05, 4.69) is 33.3 Å². The number of imidazole rings is 1. The maximum atomic E-state index is 4.79. The van der Waals surface area contributed by atoms with E-state index in [0.29, 0.717) is 6.04 Å². The minimum absolute atomic E-state index is 0.448. The second-order valence-corrected chi connectivity index (χ2v) is 4.60. The van der Waals surface area contributed by atoms with Crippen molar-refractivity contribution in [1.82, 2.24) is 14.5 Å². The number of anilines is 1. The Bertz CT molecular complexity index is 447. The molecule has 0 bridgehead atoms. The number of hydrogen-bond acceptors (Lipinski definition) is 4. The van der Waals surface area contributed by atoms with Gasteiger partial charge in [-0.3, -0.25) is 4.99 Å². The van der Waals surface area contributed by atoms with Gasteiger partial charge in [-0.1, -0.05) is 6.92 Å². The number of hydrogen-bond donors (Lipinski definition) is 0. The van der Waals surface area contributed by atoms with Gasteiger partial charge in [-0.15, -0.1) is 0 Å². The Labute approximate surface area is 95.4 Å². The van der Waals surface area contributed by atoms with Crippen LogP contribution in [-0.2, 0) is 7.05 Å². The molecule has 0 saturated heterocycles. The molecule has 1 atom stereocenters. The smallest absolute Gasteiger partial charge is 0.159 e. The normalized spacial score (nSPS) is 23.2. The summed E-state index contributed by atoms with van der Waals surface area (Å²) in [6.45, 7) is 4.14. The van der Waals surface area contributed by atoms with Gasteiger partial charge in [-0.25, -0.2) is 4.98 Å². The molecule has 0 unspecified atom stereocenters. The predicted octanol–water partition coefficient (Wildman–Crippen LogP) is 0.668. The molecule has 0 N–H and O–H groups in total. The van der Waals surface area contributed by atoms with Crippen molar-refractivity contribution >= 4 is 11.7 Å². The second kappa shape index (κ2) is 3.23. The number of fused-ring (bicyclic) bond motifs is 3. The lowest BCUT2D eigenvalue weighted by atomic mass is 10.2. The highest BCUT2D eigenvalue weighted by molar-refractivity contribution is 6.04. The van der Waals surface area contributed by atoms with Crippen LogP contribution >= 0.6 is 0 Å². The number of aryl methyl sites for hydroxylation is 1. The van der Waals surface area contributed by atoms with Crippen molar-refractivity contribution < 1.29 is 0 Å². The predicted molar refractivity (Wildman–Crippen MR) is 63.8 cm³/mol. The lowest BCUT2D eigenvalue weighted by Crippen LogP contribution is -2.44. The second-order valence-electron chi connectivity index (χ2n) is 4.60. The minimum Gasteiger partial charge on any atom is -0.340 e. The van der Waals surface area contributed by atoms with E-state index in [9.17, 15) is 0 Å². The third kappa shape index (κ3) is 1.17. The summed E-state index contributed by atoms with van der Waals surface area (Å²) in [6.07, 6.45) is 2.98. The molecule has 3 rings (SSSR count). The summed E-state index contributed by atoms with van der Waals surface area (Å²) < 4.78 is 2.06. The van der Waals surface area contributed by atoms with Gasteiger partial charge >= 0.3 is 0 Å². The average Bonchev–Trinajstić information content (AvgIpc) is 2.82. The third-order valence-electron chi connectivity index (χ3n) is 3.38. The van der Waals surface area contributed by atoms with Crippen LogP contribution in [0, 0.1) is 0 Å². The van der Waals surface area contributed by atoms with Gasteiger partial charge in [0, 0.05) is 20.6 Å². The molecule has 3 heterocycles. The van der Waals surface area contributed by atoms with E-state index in [4.69, 9.17) is 4.99 Å². The highest BCUT2D eigenvalue weighted by Crippen LogP contribution is 2.28. The van der Waals surface area contributed by atoms with Crippen LogP contribution in [0.25, 0.3) is 0 Å². The summed E-state index contributed by atoms with van der Waals surface area (Å²) in [4.78, 5) is 13.8. The lowest BCUT2D eigenvalue weighted by molar-refractivity contribution is 0.412. The summed E-state index contributed by atoms with van der Waals surface area (Å²) in [7, 11) is 4.12. The molecule has 5 nitrogen and oxygen atoms in total. The van der Waals surface area contributed by atoms with Gasteiger partial charge in [0.2, 0.25) is 0 Å². The lowest BCUT2D eigenvalue weighted by Gasteiger charge is -2.33. The first kappa shape index (κ1) is 9.69. The molecule has 0 amide bonds. The van der Waals surface area contributed by atoms with Crippen molar-refractivity contribution in [2.45, 2.75) is 19.4 Å². The van der Waals surface area contributed by atoms with Gasteiger partial charge < -0.3 is 14.4 Å². The molecular weight excluding hydrogens is 202 g/mol. The van der Waals surface area contributed by atoms with E-state index < -0.39 is 0 Å². The molecule has 2 aliphatic rings. The van der Waals surface area contributed by atoms with E-state index in [1.807, 2.05) is 13.4 Å². The topological polar surface area (TPSA) is 36.7 Å². The van der Waals surface area contributed by atoms with E-state index >= 15 is 0 Å². The van der Waals surface area contributed by atoms with Gasteiger partial charge in [0.25, 0.3) is 0 Å². The Morgan fingerprint density at radius 3 is 3.00 bits per heavy atom. The molecule has 16 heavy (non-hydrogen) atoms. The Kier molecular flexibility index (Phi) is 1.96. The molecular formula is C11H17N5. The maximum Gasteiger partial charge on any atom is 0.159 e. The number of nitrogens with zero attached hydrogens (tertiary/aromatic N) is 5. The van der Waals surface area contributed by atoms with Crippen molar-refractivity contribution in [3.8, 4) is 0 Å². The van der Waals surface area contributed by atoms with E-state index in [1.165, 1.54) is 0 Å². The van der Waals surface area contributed by atoms with Gasteiger partial charge in [0.15, 0.2) is 11.7 Å². The molecule has 0 aliphatic carbocycles. The first-order valence-electron chi connectivity index (χ1n) is 5.76. The number of aliphatic imine (C=N–C) groups is 1. The van der Waals surface area contributed by atoms with E-state index in [0.717, 1.165) is 37.0 Å². The summed E-state index contributed by atoms with van der Waals surface area (Å²) >= 11 is 0. The standard InChI is InChI=1S/C11H17N5/c1-4-8-5-16-7-15(3)10-9(11(16)13-8)14(2)6-12-10/h6,8H,4-5,7H2,1-3H3/t8-/m0/s1.